The van der Waals surface area contributed by atoms with Gasteiger partial charge >= 0.3 is 0 Å². The second-order valence-electron chi connectivity index (χ2n) is 5.31. The molecular weight excluding hydrogens is 326 g/mol. The average molecular weight is 349 g/mol. The van der Waals surface area contributed by atoms with Gasteiger partial charge in [-0.25, -0.2) is 4.98 Å². The Balaban J connectivity index is 2.31. The van der Waals surface area contributed by atoms with Crippen molar-refractivity contribution in [2.75, 3.05) is 19.1 Å². The van der Waals surface area contributed by atoms with E-state index in [0.29, 0.717) is 29.6 Å². The monoisotopic (exact) mass is 349 g/mol. The van der Waals surface area contributed by atoms with E-state index in [1.807, 2.05) is 24.4 Å². The summed E-state index contributed by atoms with van der Waals surface area (Å²) < 4.78 is 10.6. The number of rotatable bonds is 8. The van der Waals surface area contributed by atoms with E-state index in [1.54, 1.807) is 31.4 Å². The molecule has 0 saturated carbocycles. The number of hydrogen-bond acceptors (Lipinski definition) is 6. The van der Waals surface area contributed by atoms with Gasteiger partial charge in [0.1, 0.15) is 11.5 Å². The highest BCUT2D eigenvalue weighted by atomic mass is 32.1. The molecule has 1 aromatic heterocycles. The van der Waals surface area contributed by atoms with Crippen LogP contribution in [0.1, 0.15) is 25.3 Å². The van der Waals surface area contributed by atoms with Crippen LogP contribution in [0.4, 0.5) is 5.13 Å². The number of carbonyl (C=O) groups excluding carboxylic acids is 1. The Bertz CT molecular complexity index is 661. The van der Waals surface area contributed by atoms with Gasteiger partial charge in [0, 0.05) is 23.2 Å². The number of thiazole rings is 1. The van der Waals surface area contributed by atoms with Gasteiger partial charge in [0.15, 0.2) is 5.13 Å². The van der Waals surface area contributed by atoms with Gasteiger partial charge in [0.25, 0.3) is 0 Å². The summed E-state index contributed by atoms with van der Waals surface area (Å²) in [4.78, 5) is 18.6. The maximum Gasteiger partial charge on any atom is 0.246 e. The number of benzene rings is 1. The molecule has 24 heavy (non-hydrogen) atoms. The topological polar surface area (TPSA) is 77.7 Å². The molecule has 0 spiro atoms. The Labute approximate surface area is 146 Å². The van der Waals surface area contributed by atoms with Crippen molar-refractivity contribution >= 4 is 22.4 Å². The Morgan fingerprint density at radius 2 is 2.17 bits per heavy atom. The van der Waals surface area contributed by atoms with Gasteiger partial charge in [0.05, 0.1) is 26.8 Å². The fraction of sp³-hybridized carbons (Fsp3) is 0.412. The van der Waals surface area contributed by atoms with Crippen molar-refractivity contribution in [1.82, 2.24) is 4.98 Å². The third-order valence-corrected chi connectivity index (χ3v) is 4.45. The van der Waals surface area contributed by atoms with Crippen molar-refractivity contribution in [2.45, 2.75) is 32.4 Å². The van der Waals surface area contributed by atoms with E-state index in [9.17, 15) is 4.79 Å². The SMILES string of the molecule is CCCC(N)C(=O)N(Cc1ccc(OC)cc1OC)c1nccs1. The smallest absolute Gasteiger partial charge is 0.246 e. The molecule has 2 N–H and O–H groups in total. The minimum Gasteiger partial charge on any atom is -0.497 e. The van der Waals surface area contributed by atoms with E-state index in [-0.39, 0.29) is 5.91 Å². The highest BCUT2D eigenvalue weighted by Gasteiger charge is 2.25. The van der Waals surface area contributed by atoms with Gasteiger partial charge in [-0.2, -0.15) is 0 Å². The molecule has 0 radical (unpaired) electrons. The van der Waals surface area contributed by atoms with E-state index < -0.39 is 6.04 Å². The molecule has 6 nitrogen and oxygen atoms in total. The lowest BCUT2D eigenvalue weighted by molar-refractivity contribution is -0.120. The molecule has 1 aromatic carbocycles. The zero-order valence-corrected chi connectivity index (χ0v) is 15.0. The highest BCUT2D eigenvalue weighted by Crippen LogP contribution is 2.28. The molecular formula is C17H23N3O3S. The summed E-state index contributed by atoms with van der Waals surface area (Å²) in [5.41, 5.74) is 6.91. The third kappa shape index (κ3) is 4.24. The Morgan fingerprint density at radius 3 is 2.75 bits per heavy atom. The molecule has 7 heteroatoms. The molecule has 0 aliphatic heterocycles. The molecule has 0 saturated heterocycles. The Hall–Kier alpha value is -2.12. The van der Waals surface area contributed by atoms with Crippen LogP contribution in [0.3, 0.4) is 0 Å². The first-order chi connectivity index (χ1) is 11.6. The molecule has 0 aliphatic carbocycles. The quantitative estimate of drug-likeness (QED) is 0.793. The predicted octanol–water partition coefficient (Wildman–Crippen LogP) is 2.82. The van der Waals surface area contributed by atoms with Crippen LogP contribution in [0, 0.1) is 0 Å². The number of amides is 1. The summed E-state index contributed by atoms with van der Waals surface area (Å²) >= 11 is 1.41. The fourth-order valence-electron chi connectivity index (χ4n) is 2.38. The van der Waals surface area contributed by atoms with Gasteiger partial charge in [-0.3, -0.25) is 9.69 Å². The van der Waals surface area contributed by atoms with Crippen LogP contribution in [0.15, 0.2) is 29.8 Å². The van der Waals surface area contributed by atoms with Crippen LogP contribution in [0.25, 0.3) is 0 Å². The van der Waals surface area contributed by atoms with Crippen LogP contribution >= 0.6 is 11.3 Å². The van der Waals surface area contributed by atoms with Crippen LogP contribution in [0.5, 0.6) is 11.5 Å². The largest absolute Gasteiger partial charge is 0.497 e. The minimum absolute atomic E-state index is 0.135. The molecule has 2 rings (SSSR count). The van der Waals surface area contributed by atoms with Crippen molar-refractivity contribution in [3.05, 3.63) is 35.3 Å². The maximum atomic E-state index is 12.8. The van der Waals surface area contributed by atoms with Gasteiger partial charge in [-0.1, -0.05) is 13.3 Å². The number of anilines is 1. The third-order valence-electron chi connectivity index (χ3n) is 3.66. The number of aromatic nitrogens is 1. The summed E-state index contributed by atoms with van der Waals surface area (Å²) in [6.45, 7) is 2.35. The van der Waals surface area contributed by atoms with Crippen molar-refractivity contribution in [3.63, 3.8) is 0 Å². The number of ether oxygens (including phenoxy) is 2. The lowest BCUT2D eigenvalue weighted by Gasteiger charge is -2.24. The first-order valence-electron chi connectivity index (χ1n) is 7.78. The summed E-state index contributed by atoms with van der Waals surface area (Å²) in [6.07, 6.45) is 3.17. The Morgan fingerprint density at radius 1 is 1.38 bits per heavy atom. The zero-order valence-electron chi connectivity index (χ0n) is 14.2. The van der Waals surface area contributed by atoms with Crippen LogP contribution in [-0.2, 0) is 11.3 Å². The lowest BCUT2D eigenvalue weighted by atomic mass is 10.1. The van der Waals surface area contributed by atoms with Gasteiger partial charge in [0.2, 0.25) is 5.91 Å². The second-order valence-corrected chi connectivity index (χ2v) is 6.19. The molecule has 130 valence electrons. The number of hydrogen-bond donors (Lipinski definition) is 1. The van der Waals surface area contributed by atoms with E-state index in [1.165, 1.54) is 11.3 Å². The number of carbonyl (C=O) groups is 1. The number of methoxy groups -OCH3 is 2. The molecule has 1 amide bonds. The highest BCUT2D eigenvalue weighted by molar-refractivity contribution is 7.13. The van der Waals surface area contributed by atoms with Crippen LogP contribution < -0.4 is 20.1 Å². The predicted molar refractivity (Wildman–Crippen MR) is 95.7 cm³/mol. The summed E-state index contributed by atoms with van der Waals surface area (Å²) in [7, 11) is 3.19. The number of nitrogens with zero attached hydrogens (tertiary/aromatic N) is 2. The van der Waals surface area contributed by atoms with Crippen LogP contribution in [0.2, 0.25) is 0 Å². The minimum atomic E-state index is -0.539. The van der Waals surface area contributed by atoms with Crippen molar-refractivity contribution in [1.29, 1.82) is 0 Å². The van der Waals surface area contributed by atoms with Crippen LogP contribution in [-0.4, -0.2) is 31.2 Å². The van der Waals surface area contributed by atoms with Gasteiger partial charge in [-0.15, -0.1) is 11.3 Å². The first-order valence-corrected chi connectivity index (χ1v) is 8.66. The number of nitrogens with two attached hydrogens (primary N) is 1. The van der Waals surface area contributed by atoms with E-state index in [2.05, 4.69) is 4.98 Å². The lowest BCUT2D eigenvalue weighted by Crippen LogP contribution is -2.43. The molecule has 2 aromatic rings. The van der Waals surface area contributed by atoms with Gasteiger partial charge < -0.3 is 15.2 Å². The normalized spacial score (nSPS) is 11.8. The first kappa shape index (κ1) is 18.2. The van der Waals surface area contributed by atoms with E-state index in [4.69, 9.17) is 15.2 Å². The molecule has 0 bridgehead atoms. The van der Waals surface area contributed by atoms with Gasteiger partial charge in [-0.05, 0) is 18.6 Å². The average Bonchev–Trinajstić information content (AvgIpc) is 3.13. The Kier molecular flexibility index (Phi) is 6.57. The zero-order chi connectivity index (χ0) is 17.5. The standard InChI is InChI=1S/C17H23N3O3S/c1-4-5-14(18)16(21)20(17-19-8-9-24-17)11-12-6-7-13(22-2)10-15(12)23-3/h6-10,14H,4-5,11,18H2,1-3H3. The second kappa shape index (κ2) is 8.65. The van der Waals surface area contributed by atoms with E-state index in [0.717, 1.165) is 12.0 Å². The van der Waals surface area contributed by atoms with E-state index >= 15 is 0 Å². The fourth-order valence-corrected chi connectivity index (χ4v) is 3.02. The summed E-state index contributed by atoms with van der Waals surface area (Å²) in [6, 6.07) is 4.99. The summed E-state index contributed by atoms with van der Waals surface area (Å²) in [5.74, 6) is 1.22. The van der Waals surface area contributed by atoms with Crippen molar-refractivity contribution in [3.8, 4) is 11.5 Å². The molecule has 0 aliphatic rings. The molecule has 1 heterocycles. The summed E-state index contributed by atoms with van der Waals surface area (Å²) in [5, 5.41) is 2.47. The molecule has 1 atom stereocenters. The van der Waals surface area contributed by atoms with Crippen molar-refractivity contribution < 1.29 is 14.3 Å². The van der Waals surface area contributed by atoms with Crippen molar-refractivity contribution in [2.24, 2.45) is 5.73 Å². The molecule has 0 fully saturated rings. The maximum absolute atomic E-state index is 12.8. The molecule has 1 unspecified atom stereocenters.